The van der Waals surface area contributed by atoms with Gasteiger partial charge in [-0.2, -0.15) is 4.80 Å². The molecule has 0 aliphatic rings. The second kappa shape index (κ2) is 9.07. The Morgan fingerprint density at radius 1 is 1.06 bits per heavy atom. The van der Waals surface area contributed by atoms with E-state index >= 15 is 0 Å². The topological polar surface area (TPSA) is 112 Å². The van der Waals surface area contributed by atoms with E-state index < -0.39 is 10.8 Å². The van der Waals surface area contributed by atoms with Gasteiger partial charge in [0, 0.05) is 17.3 Å². The molecule has 4 aromatic rings. The maximum Gasteiger partial charge on any atom is 0.311 e. The number of anilines is 1. The number of benzene rings is 3. The van der Waals surface area contributed by atoms with E-state index in [2.05, 4.69) is 41.5 Å². The van der Waals surface area contributed by atoms with Crippen LogP contribution in [0, 0.1) is 10.1 Å². The lowest BCUT2D eigenvalue weighted by Gasteiger charge is -2.07. The van der Waals surface area contributed by atoms with E-state index in [4.69, 9.17) is 4.74 Å². The third kappa shape index (κ3) is 4.67. The van der Waals surface area contributed by atoms with Gasteiger partial charge in [-0.3, -0.25) is 14.9 Å². The summed E-state index contributed by atoms with van der Waals surface area (Å²) in [6.45, 7) is 6.29. The number of aromatic nitrogens is 3. The van der Waals surface area contributed by atoms with Crippen LogP contribution in [0.3, 0.4) is 0 Å². The summed E-state index contributed by atoms with van der Waals surface area (Å²) in [7, 11) is 0. The fraction of sp³-hybridized carbons (Fsp3) is 0.208. The highest BCUT2D eigenvalue weighted by Crippen LogP contribution is 2.28. The number of hydrogen-bond acceptors (Lipinski definition) is 6. The van der Waals surface area contributed by atoms with Crippen LogP contribution >= 0.6 is 0 Å². The molecule has 1 amide bonds. The number of carbonyl (C=O) groups excluding carboxylic acids is 1. The second-order valence-corrected chi connectivity index (χ2v) is 7.77. The Morgan fingerprint density at radius 3 is 2.45 bits per heavy atom. The molecule has 1 heterocycles. The molecule has 33 heavy (non-hydrogen) atoms. The minimum Gasteiger partial charge on any atom is -0.487 e. The fourth-order valence-corrected chi connectivity index (χ4v) is 3.38. The van der Waals surface area contributed by atoms with Gasteiger partial charge in [0.25, 0.3) is 5.91 Å². The quantitative estimate of drug-likeness (QED) is 0.313. The van der Waals surface area contributed by atoms with E-state index in [0.29, 0.717) is 22.6 Å². The van der Waals surface area contributed by atoms with Gasteiger partial charge in [-0.25, -0.2) is 0 Å². The van der Waals surface area contributed by atoms with Crippen LogP contribution < -0.4 is 10.1 Å². The Morgan fingerprint density at radius 2 is 1.79 bits per heavy atom. The average Bonchev–Trinajstić information content (AvgIpc) is 3.23. The molecule has 0 bridgehead atoms. The first-order valence-electron chi connectivity index (χ1n) is 10.6. The van der Waals surface area contributed by atoms with Crippen molar-refractivity contribution in [1.29, 1.82) is 0 Å². The van der Waals surface area contributed by atoms with Gasteiger partial charge < -0.3 is 10.1 Å². The SMILES string of the molecule is CCOc1ccc(C(=O)Nc2ccc3nn(-c4ccc(C(C)C)cc4)nc3c2)cc1[N+](=O)[O-]. The van der Waals surface area contributed by atoms with E-state index in [1.165, 1.54) is 23.8 Å². The number of nitrogens with one attached hydrogen (secondary N) is 1. The van der Waals surface area contributed by atoms with Crippen molar-refractivity contribution in [3.8, 4) is 11.4 Å². The summed E-state index contributed by atoms with van der Waals surface area (Å²) in [5.41, 5.74) is 3.76. The summed E-state index contributed by atoms with van der Waals surface area (Å²) in [6, 6.07) is 17.3. The maximum atomic E-state index is 12.7. The van der Waals surface area contributed by atoms with Gasteiger partial charge in [0.15, 0.2) is 5.75 Å². The van der Waals surface area contributed by atoms with E-state index in [9.17, 15) is 14.9 Å². The summed E-state index contributed by atoms with van der Waals surface area (Å²) >= 11 is 0. The number of fused-ring (bicyclic) bond motifs is 1. The van der Waals surface area contributed by atoms with E-state index in [1.54, 1.807) is 29.9 Å². The van der Waals surface area contributed by atoms with Crippen molar-refractivity contribution in [3.63, 3.8) is 0 Å². The summed E-state index contributed by atoms with van der Waals surface area (Å²) in [4.78, 5) is 25.0. The Bertz CT molecular complexity index is 1330. The predicted octanol–water partition coefficient (Wildman–Crippen LogP) is 5.10. The first kappa shape index (κ1) is 21.9. The highest BCUT2D eigenvalue weighted by molar-refractivity contribution is 6.05. The molecule has 9 nitrogen and oxygen atoms in total. The van der Waals surface area contributed by atoms with Crippen molar-refractivity contribution < 1.29 is 14.5 Å². The van der Waals surface area contributed by atoms with Crippen LogP contribution in [-0.4, -0.2) is 32.4 Å². The van der Waals surface area contributed by atoms with Gasteiger partial charge in [-0.15, -0.1) is 10.2 Å². The average molecular weight is 445 g/mol. The fourth-order valence-electron chi connectivity index (χ4n) is 3.38. The van der Waals surface area contributed by atoms with Crippen molar-refractivity contribution in [1.82, 2.24) is 15.0 Å². The molecule has 0 aliphatic carbocycles. The monoisotopic (exact) mass is 445 g/mol. The molecular formula is C24H23N5O4. The lowest BCUT2D eigenvalue weighted by Crippen LogP contribution is -2.12. The molecule has 3 aromatic carbocycles. The Kier molecular flexibility index (Phi) is 6.03. The molecule has 0 unspecified atom stereocenters. The van der Waals surface area contributed by atoms with Gasteiger partial charge >= 0.3 is 5.69 Å². The van der Waals surface area contributed by atoms with Gasteiger partial charge in [0.2, 0.25) is 0 Å². The number of nitro groups is 1. The maximum absolute atomic E-state index is 12.7. The van der Waals surface area contributed by atoms with Crippen LogP contribution in [0.15, 0.2) is 60.7 Å². The molecule has 168 valence electrons. The third-order valence-electron chi connectivity index (χ3n) is 5.15. The highest BCUT2D eigenvalue weighted by Gasteiger charge is 2.19. The first-order valence-corrected chi connectivity index (χ1v) is 10.6. The molecular weight excluding hydrogens is 422 g/mol. The third-order valence-corrected chi connectivity index (χ3v) is 5.15. The molecule has 4 rings (SSSR count). The van der Waals surface area contributed by atoms with Gasteiger partial charge in [-0.1, -0.05) is 26.0 Å². The standard InChI is InChI=1S/C24H23N5O4/c1-4-33-23-12-7-17(13-22(23)29(31)32)24(30)25-18-8-11-20-21(14-18)27-28(26-20)19-9-5-16(6-10-19)15(2)3/h5-15H,4H2,1-3H3,(H,25,30). The minimum absolute atomic E-state index is 0.124. The number of ether oxygens (including phenoxy) is 1. The molecule has 0 saturated carbocycles. The first-order chi connectivity index (χ1) is 15.9. The molecule has 1 N–H and O–H groups in total. The van der Waals surface area contributed by atoms with Gasteiger partial charge in [0.1, 0.15) is 11.0 Å². The van der Waals surface area contributed by atoms with Gasteiger partial charge in [-0.05, 0) is 60.9 Å². The number of amides is 1. The zero-order valence-electron chi connectivity index (χ0n) is 18.5. The molecule has 0 fully saturated rings. The van der Waals surface area contributed by atoms with Crippen LogP contribution in [0.5, 0.6) is 5.75 Å². The van der Waals surface area contributed by atoms with Crippen molar-refractivity contribution in [3.05, 3.63) is 81.9 Å². The zero-order valence-corrected chi connectivity index (χ0v) is 18.5. The smallest absolute Gasteiger partial charge is 0.311 e. The van der Waals surface area contributed by atoms with E-state index in [-0.39, 0.29) is 23.6 Å². The van der Waals surface area contributed by atoms with Crippen LogP contribution in [0.25, 0.3) is 16.7 Å². The van der Waals surface area contributed by atoms with Crippen LogP contribution in [0.2, 0.25) is 0 Å². The molecule has 9 heteroatoms. The van der Waals surface area contributed by atoms with Crippen molar-refractivity contribution in [2.75, 3.05) is 11.9 Å². The van der Waals surface area contributed by atoms with Crippen molar-refractivity contribution >= 4 is 28.3 Å². The highest BCUT2D eigenvalue weighted by atomic mass is 16.6. The summed E-state index contributed by atoms with van der Waals surface area (Å²) in [5.74, 6) is 0.0855. The van der Waals surface area contributed by atoms with Crippen molar-refractivity contribution in [2.24, 2.45) is 0 Å². The number of carbonyl (C=O) groups is 1. The summed E-state index contributed by atoms with van der Waals surface area (Å²) < 4.78 is 5.27. The zero-order chi connectivity index (χ0) is 23.5. The molecule has 0 atom stereocenters. The summed E-state index contributed by atoms with van der Waals surface area (Å²) in [6.07, 6.45) is 0. The van der Waals surface area contributed by atoms with Crippen LogP contribution in [-0.2, 0) is 0 Å². The minimum atomic E-state index is -0.570. The normalized spacial score (nSPS) is 11.0. The van der Waals surface area contributed by atoms with E-state index in [1.807, 2.05) is 12.1 Å². The lowest BCUT2D eigenvalue weighted by molar-refractivity contribution is -0.385. The number of hydrogen-bond donors (Lipinski definition) is 1. The van der Waals surface area contributed by atoms with Gasteiger partial charge in [0.05, 0.1) is 17.2 Å². The Balaban J connectivity index is 1.56. The predicted molar refractivity (Wildman–Crippen MR) is 125 cm³/mol. The van der Waals surface area contributed by atoms with E-state index in [0.717, 1.165) is 5.69 Å². The molecule has 1 aromatic heterocycles. The van der Waals surface area contributed by atoms with Crippen LogP contribution in [0.1, 0.15) is 42.6 Å². The molecule has 0 radical (unpaired) electrons. The Hall–Kier alpha value is -4.27. The molecule has 0 spiro atoms. The number of rotatable bonds is 7. The molecule has 0 aliphatic heterocycles. The molecule has 0 saturated heterocycles. The van der Waals surface area contributed by atoms with Crippen LogP contribution in [0.4, 0.5) is 11.4 Å². The summed E-state index contributed by atoms with van der Waals surface area (Å²) in [5, 5.41) is 23.1. The lowest BCUT2D eigenvalue weighted by atomic mass is 10.0. The van der Waals surface area contributed by atoms with Crippen molar-refractivity contribution in [2.45, 2.75) is 26.7 Å². The Labute approximate surface area is 190 Å². The second-order valence-electron chi connectivity index (χ2n) is 7.77. The largest absolute Gasteiger partial charge is 0.487 e. The number of nitrogens with zero attached hydrogens (tertiary/aromatic N) is 4. The number of nitro benzene ring substituents is 1.